The number of hydrogen-bond donors (Lipinski definition) is 1. The Hall–Kier alpha value is -1.53. The summed E-state index contributed by atoms with van der Waals surface area (Å²) in [6.07, 6.45) is 2.39. The van der Waals surface area contributed by atoms with Gasteiger partial charge in [-0.25, -0.2) is 9.97 Å². The van der Waals surface area contributed by atoms with Gasteiger partial charge >= 0.3 is 0 Å². The molecular weight excluding hydrogens is 226 g/mol. The molecule has 1 aliphatic rings. The van der Waals surface area contributed by atoms with Gasteiger partial charge in [0, 0.05) is 18.0 Å². The first-order valence-corrected chi connectivity index (χ1v) is 5.82. The fourth-order valence-corrected chi connectivity index (χ4v) is 2.27. The standard InChI is InChI=1S/C10H9N3O2S/c14-9-6-5-15-3-1-7(6)12-8(13-9)10-11-2-4-16-10/h2,4H,1,3,5H2,(H,12,13,14). The van der Waals surface area contributed by atoms with Crippen LogP contribution >= 0.6 is 11.3 Å². The van der Waals surface area contributed by atoms with E-state index in [-0.39, 0.29) is 5.56 Å². The minimum atomic E-state index is -0.116. The molecule has 0 saturated carbocycles. The van der Waals surface area contributed by atoms with Gasteiger partial charge in [-0.2, -0.15) is 0 Å². The summed E-state index contributed by atoms with van der Waals surface area (Å²) in [5.41, 5.74) is 1.36. The van der Waals surface area contributed by atoms with E-state index >= 15 is 0 Å². The van der Waals surface area contributed by atoms with E-state index in [0.29, 0.717) is 31.0 Å². The van der Waals surface area contributed by atoms with Crippen LogP contribution in [-0.4, -0.2) is 21.6 Å². The van der Waals surface area contributed by atoms with Crippen molar-refractivity contribution in [1.29, 1.82) is 0 Å². The Balaban J connectivity index is 2.16. The molecule has 0 spiro atoms. The van der Waals surface area contributed by atoms with Crippen molar-refractivity contribution in [2.75, 3.05) is 6.61 Å². The van der Waals surface area contributed by atoms with Gasteiger partial charge in [-0.1, -0.05) is 0 Å². The van der Waals surface area contributed by atoms with E-state index in [4.69, 9.17) is 4.74 Å². The molecule has 0 atom stereocenters. The molecule has 0 saturated heterocycles. The zero-order valence-corrected chi connectivity index (χ0v) is 9.21. The highest BCUT2D eigenvalue weighted by Crippen LogP contribution is 2.18. The second kappa shape index (κ2) is 3.80. The quantitative estimate of drug-likeness (QED) is 0.799. The third-order valence-electron chi connectivity index (χ3n) is 2.47. The lowest BCUT2D eigenvalue weighted by Crippen LogP contribution is -2.24. The summed E-state index contributed by atoms with van der Waals surface area (Å²) in [6.45, 7) is 0.983. The molecule has 3 rings (SSSR count). The van der Waals surface area contributed by atoms with Crippen LogP contribution in [0.3, 0.4) is 0 Å². The molecule has 2 aromatic rings. The zero-order valence-electron chi connectivity index (χ0n) is 8.40. The van der Waals surface area contributed by atoms with Crippen LogP contribution in [0.1, 0.15) is 11.3 Å². The van der Waals surface area contributed by atoms with Crippen LogP contribution in [0.2, 0.25) is 0 Å². The number of rotatable bonds is 1. The summed E-state index contributed by atoms with van der Waals surface area (Å²) >= 11 is 1.46. The van der Waals surface area contributed by atoms with Crippen LogP contribution in [0.15, 0.2) is 16.4 Å². The molecule has 3 heterocycles. The maximum absolute atomic E-state index is 11.8. The van der Waals surface area contributed by atoms with Crippen LogP contribution < -0.4 is 5.56 Å². The van der Waals surface area contributed by atoms with Gasteiger partial charge in [0.2, 0.25) is 0 Å². The highest BCUT2D eigenvalue weighted by molar-refractivity contribution is 7.12. The van der Waals surface area contributed by atoms with Crippen molar-refractivity contribution >= 4 is 11.3 Å². The van der Waals surface area contributed by atoms with E-state index in [0.717, 1.165) is 10.7 Å². The summed E-state index contributed by atoms with van der Waals surface area (Å²) in [4.78, 5) is 23.1. The topological polar surface area (TPSA) is 67.9 Å². The van der Waals surface area contributed by atoms with Gasteiger partial charge in [-0.05, 0) is 0 Å². The molecule has 0 aromatic carbocycles. The molecule has 0 unspecified atom stereocenters. The van der Waals surface area contributed by atoms with Gasteiger partial charge in [0.1, 0.15) is 0 Å². The Morgan fingerprint density at radius 1 is 1.50 bits per heavy atom. The second-order valence-electron chi connectivity index (χ2n) is 3.48. The maximum atomic E-state index is 11.8. The predicted molar refractivity (Wildman–Crippen MR) is 59.3 cm³/mol. The second-order valence-corrected chi connectivity index (χ2v) is 4.37. The summed E-state index contributed by atoms with van der Waals surface area (Å²) in [5, 5.41) is 2.60. The highest BCUT2D eigenvalue weighted by atomic mass is 32.1. The van der Waals surface area contributed by atoms with Crippen molar-refractivity contribution in [1.82, 2.24) is 15.0 Å². The first kappa shape index (κ1) is 9.68. The van der Waals surface area contributed by atoms with E-state index in [9.17, 15) is 4.79 Å². The summed E-state index contributed by atoms with van der Waals surface area (Å²) in [7, 11) is 0. The van der Waals surface area contributed by atoms with Crippen LogP contribution in [-0.2, 0) is 17.8 Å². The molecule has 0 amide bonds. The van der Waals surface area contributed by atoms with E-state index in [1.54, 1.807) is 6.20 Å². The third-order valence-corrected chi connectivity index (χ3v) is 3.25. The van der Waals surface area contributed by atoms with Crippen molar-refractivity contribution in [2.45, 2.75) is 13.0 Å². The number of thiazole rings is 1. The fraction of sp³-hybridized carbons (Fsp3) is 0.300. The summed E-state index contributed by atoms with van der Waals surface area (Å²) in [5.74, 6) is 0.556. The molecular formula is C10H9N3O2S. The minimum Gasteiger partial charge on any atom is -0.376 e. The van der Waals surface area contributed by atoms with E-state index in [2.05, 4.69) is 15.0 Å². The first-order valence-electron chi connectivity index (χ1n) is 4.94. The number of H-pyrrole nitrogens is 1. The molecule has 5 nitrogen and oxygen atoms in total. The van der Waals surface area contributed by atoms with E-state index < -0.39 is 0 Å². The van der Waals surface area contributed by atoms with Crippen LogP contribution in [0.4, 0.5) is 0 Å². The van der Waals surface area contributed by atoms with Gasteiger partial charge in [0.15, 0.2) is 10.8 Å². The number of hydrogen-bond acceptors (Lipinski definition) is 5. The highest BCUT2D eigenvalue weighted by Gasteiger charge is 2.17. The van der Waals surface area contributed by atoms with E-state index in [1.165, 1.54) is 11.3 Å². The normalized spacial score (nSPS) is 14.8. The monoisotopic (exact) mass is 235 g/mol. The van der Waals surface area contributed by atoms with Gasteiger partial charge < -0.3 is 9.72 Å². The van der Waals surface area contributed by atoms with Gasteiger partial charge in [0.25, 0.3) is 5.56 Å². The smallest absolute Gasteiger partial charge is 0.257 e. The van der Waals surface area contributed by atoms with Crippen molar-refractivity contribution < 1.29 is 4.74 Å². The van der Waals surface area contributed by atoms with Crippen LogP contribution in [0.5, 0.6) is 0 Å². The Kier molecular flexibility index (Phi) is 2.30. The average molecular weight is 235 g/mol. The van der Waals surface area contributed by atoms with E-state index in [1.807, 2.05) is 5.38 Å². The minimum absolute atomic E-state index is 0.116. The fourth-order valence-electron chi connectivity index (χ4n) is 1.68. The molecule has 0 aliphatic carbocycles. The number of aromatic amines is 1. The Morgan fingerprint density at radius 2 is 2.44 bits per heavy atom. The lowest BCUT2D eigenvalue weighted by atomic mass is 10.1. The number of nitrogens with zero attached hydrogens (tertiary/aromatic N) is 2. The van der Waals surface area contributed by atoms with Gasteiger partial charge in [-0.15, -0.1) is 11.3 Å². The van der Waals surface area contributed by atoms with Crippen molar-refractivity contribution in [3.05, 3.63) is 33.2 Å². The number of ether oxygens (including phenoxy) is 1. The molecule has 2 aromatic heterocycles. The lowest BCUT2D eigenvalue weighted by molar-refractivity contribution is 0.108. The maximum Gasteiger partial charge on any atom is 0.257 e. The molecule has 0 bridgehead atoms. The first-order chi connectivity index (χ1) is 7.84. The van der Waals surface area contributed by atoms with Crippen molar-refractivity contribution in [3.63, 3.8) is 0 Å². The summed E-state index contributed by atoms with van der Waals surface area (Å²) < 4.78 is 5.23. The third kappa shape index (κ3) is 1.56. The Labute approximate surface area is 95.2 Å². The average Bonchev–Trinajstić information content (AvgIpc) is 2.82. The predicted octanol–water partition coefficient (Wildman–Crippen LogP) is 0.966. The molecule has 0 radical (unpaired) electrons. The Morgan fingerprint density at radius 3 is 3.25 bits per heavy atom. The van der Waals surface area contributed by atoms with Crippen molar-refractivity contribution in [2.24, 2.45) is 0 Å². The molecule has 16 heavy (non-hydrogen) atoms. The molecule has 6 heteroatoms. The number of fused-ring (bicyclic) bond motifs is 1. The molecule has 1 N–H and O–H groups in total. The zero-order chi connectivity index (χ0) is 11.0. The number of nitrogens with one attached hydrogen (secondary N) is 1. The van der Waals surface area contributed by atoms with Gasteiger partial charge in [-0.3, -0.25) is 4.79 Å². The molecule has 82 valence electrons. The summed E-state index contributed by atoms with van der Waals surface area (Å²) in [6, 6.07) is 0. The van der Waals surface area contributed by atoms with Gasteiger partial charge in [0.05, 0.1) is 24.5 Å². The molecule has 1 aliphatic heterocycles. The van der Waals surface area contributed by atoms with Crippen LogP contribution in [0, 0.1) is 0 Å². The van der Waals surface area contributed by atoms with Crippen molar-refractivity contribution in [3.8, 4) is 10.8 Å². The SMILES string of the molecule is O=c1[nH]c(-c2nccs2)nc2c1COCC2. The lowest BCUT2D eigenvalue weighted by Gasteiger charge is -2.14. The molecule has 0 fully saturated rings. The number of aromatic nitrogens is 3. The Bertz CT molecular complexity index is 562. The van der Waals surface area contributed by atoms with Crippen LogP contribution in [0.25, 0.3) is 10.8 Å². The largest absolute Gasteiger partial charge is 0.376 e.